The fourth-order valence-electron chi connectivity index (χ4n) is 3.67. The van der Waals surface area contributed by atoms with Crippen LogP contribution in [0, 0.1) is 6.92 Å². The highest BCUT2D eigenvalue weighted by atomic mass is 16.4. The van der Waals surface area contributed by atoms with Gasteiger partial charge in [0.25, 0.3) is 0 Å². The second kappa shape index (κ2) is 5.97. The molecule has 0 amide bonds. The van der Waals surface area contributed by atoms with E-state index in [0.717, 1.165) is 29.9 Å². The van der Waals surface area contributed by atoms with E-state index in [0.29, 0.717) is 13.0 Å². The lowest BCUT2D eigenvalue weighted by molar-refractivity contribution is 0.0688. The number of nitrogens with zero attached hydrogens (tertiary/aromatic N) is 4. The number of benzene rings is 1. The Hall–Kier alpha value is -2.73. The van der Waals surface area contributed by atoms with Crippen molar-refractivity contribution in [2.24, 2.45) is 7.05 Å². The van der Waals surface area contributed by atoms with Crippen LogP contribution >= 0.6 is 0 Å². The Morgan fingerprint density at radius 3 is 2.96 bits per heavy atom. The van der Waals surface area contributed by atoms with Crippen LogP contribution in [0.15, 0.2) is 30.5 Å². The number of carboxylic acid groups (broad SMARTS) is 1. The summed E-state index contributed by atoms with van der Waals surface area (Å²) < 4.78 is 1.70. The van der Waals surface area contributed by atoms with Gasteiger partial charge in [0.05, 0.1) is 11.2 Å². The predicted molar refractivity (Wildman–Crippen MR) is 94.5 cm³/mol. The molecule has 0 bridgehead atoms. The number of pyridine rings is 1. The van der Waals surface area contributed by atoms with Crippen LogP contribution in [0.3, 0.4) is 0 Å². The Balaban J connectivity index is 1.64. The zero-order valence-corrected chi connectivity index (χ0v) is 14.4. The van der Waals surface area contributed by atoms with E-state index in [-0.39, 0.29) is 5.69 Å². The molecule has 1 aromatic carbocycles. The molecule has 2 aromatic heterocycles. The lowest BCUT2D eigenvalue weighted by Gasteiger charge is -2.27. The highest BCUT2D eigenvalue weighted by Crippen LogP contribution is 2.26. The van der Waals surface area contributed by atoms with Gasteiger partial charge in [0.2, 0.25) is 0 Å². The molecular formula is C19H20N4O2. The minimum Gasteiger partial charge on any atom is -0.476 e. The second-order valence-electron chi connectivity index (χ2n) is 6.60. The first-order chi connectivity index (χ1) is 12.0. The van der Waals surface area contributed by atoms with E-state index >= 15 is 0 Å². The van der Waals surface area contributed by atoms with Gasteiger partial charge >= 0.3 is 5.97 Å². The van der Waals surface area contributed by atoms with E-state index in [1.807, 2.05) is 19.3 Å². The van der Waals surface area contributed by atoms with Crippen LogP contribution in [0.4, 0.5) is 0 Å². The SMILES string of the molecule is Cc1ccc(CN2CCc3c(C(=O)O)nn(C)c3C2)c2ncccc12. The van der Waals surface area contributed by atoms with Gasteiger partial charge in [0.1, 0.15) is 0 Å². The molecule has 128 valence electrons. The highest BCUT2D eigenvalue weighted by molar-refractivity contribution is 5.87. The third-order valence-electron chi connectivity index (χ3n) is 4.99. The van der Waals surface area contributed by atoms with E-state index in [4.69, 9.17) is 0 Å². The summed E-state index contributed by atoms with van der Waals surface area (Å²) in [4.78, 5) is 18.2. The van der Waals surface area contributed by atoms with Gasteiger partial charge in [0, 0.05) is 43.8 Å². The summed E-state index contributed by atoms with van der Waals surface area (Å²) in [5.41, 5.74) is 5.53. The minimum atomic E-state index is -0.945. The number of fused-ring (bicyclic) bond motifs is 2. The first kappa shape index (κ1) is 15.8. The lowest BCUT2D eigenvalue weighted by Crippen LogP contribution is -2.31. The Kier molecular flexibility index (Phi) is 3.77. The molecule has 0 saturated heterocycles. The molecule has 1 aliphatic rings. The molecule has 0 fully saturated rings. The van der Waals surface area contributed by atoms with Crippen molar-refractivity contribution in [3.05, 3.63) is 58.5 Å². The minimum absolute atomic E-state index is 0.194. The molecule has 1 N–H and O–H groups in total. The standard InChI is InChI=1S/C19H20N4O2/c1-12-5-6-13(17-14(12)4-3-8-20-17)10-23-9-7-15-16(11-23)22(2)21-18(15)19(24)25/h3-6,8H,7,9-11H2,1-2H3,(H,24,25). The van der Waals surface area contributed by atoms with E-state index < -0.39 is 5.97 Å². The smallest absolute Gasteiger partial charge is 0.356 e. The molecule has 6 heteroatoms. The molecule has 3 heterocycles. The molecule has 6 nitrogen and oxygen atoms in total. The van der Waals surface area contributed by atoms with Gasteiger partial charge in [-0.05, 0) is 30.5 Å². The van der Waals surface area contributed by atoms with Gasteiger partial charge in [-0.2, -0.15) is 5.10 Å². The summed E-state index contributed by atoms with van der Waals surface area (Å²) in [6.45, 7) is 4.42. The van der Waals surface area contributed by atoms with Crippen molar-refractivity contribution in [1.29, 1.82) is 0 Å². The van der Waals surface area contributed by atoms with E-state index in [1.54, 1.807) is 4.68 Å². The molecule has 1 aliphatic heterocycles. The molecule has 0 atom stereocenters. The molecule has 0 unspecified atom stereocenters. The van der Waals surface area contributed by atoms with Gasteiger partial charge in [-0.1, -0.05) is 18.2 Å². The lowest BCUT2D eigenvalue weighted by atomic mass is 10.0. The van der Waals surface area contributed by atoms with Crippen molar-refractivity contribution >= 4 is 16.9 Å². The number of carboxylic acids is 1. The fraction of sp³-hybridized carbons (Fsp3) is 0.316. The number of aromatic carboxylic acids is 1. The van der Waals surface area contributed by atoms with Crippen molar-refractivity contribution in [3.8, 4) is 0 Å². The van der Waals surface area contributed by atoms with Crippen LogP contribution < -0.4 is 0 Å². The Labute approximate surface area is 145 Å². The maximum absolute atomic E-state index is 11.3. The number of aryl methyl sites for hydroxylation is 2. The summed E-state index contributed by atoms with van der Waals surface area (Å²) in [6.07, 6.45) is 2.54. The average molecular weight is 336 g/mol. The number of rotatable bonds is 3. The molecule has 0 saturated carbocycles. The molecule has 25 heavy (non-hydrogen) atoms. The van der Waals surface area contributed by atoms with Crippen LogP contribution in [0.5, 0.6) is 0 Å². The fourth-order valence-corrected chi connectivity index (χ4v) is 3.67. The maximum Gasteiger partial charge on any atom is 0.356 e. The van der Waals surface area contributed by atoms with Gasteiger partial charge in [-0.15, -0.1) is 0 Å². The zero-order chi connectivity index (χ0) is 17.6. The van der Waals surface area contributed by atoms with Crippen LogP contribution in [-0.2, 0) is 26.6 Å². The summed E-state index contributed by atoms with van der Waals surface area (Å²) in [6, 6.07) is 8.36. The van der Waals surface area contributed by atoms with Gasteiger partial charge < -0.3 is 5.11 Å². The van der Waals surface area contributed by atoms with Crippen molar-refractivity contribution in [2.75, 3.05) is 6.54 Å². The van der Waals surface area contributed by atoms with Crippen LogP contribution in [0.1, 0.15) is 32.9 Å². The van der Waals surface area contributed by atoms with E-state index in [9.17, 15) is 9.90 Å². The Bertz CT molecular complexity index is 977. The first-order valence-corrected chi connectivity index (χ1v) is 8.38. The molecular weight excluding hydrogens is 316 g/mol. The number of hydrogen-bond acceptors (Lipinski definition) is 4. The first-order valence-electron chi connectivity index (χ1n) is 8.38. The number of carbonyl (C=O) groups is 1. The summed E-state index contributed by atoms with van der Waals surface area (Å²) in [7, 11) is 1.82. The molecule has 0 spiro atoms. The number of aromatic nitrogens is 3. The summed E-state index contributed by atoms with van der Waals surface area (Å²) >= 11 is 0. The molecule has 0 aliphatic carbocycles. The molecule has 3 aromatic rings. The maximum atomic E-state index is 11.3. The van der Waals surface area contributed by atoms with Crippen LogP contribution in [0.25, 0.3) is 10.9 Å². The van der Waals surface area contributed by atoms with Crippen molar-refractivity contribution < 1.29 is 9.90 Å². The average Bonchev–Trinajstić information content (AvgIpc) is 2.94. The van der Waals surface area contributed by atoms with Crippen LogP contribution in [0.2, 0.25) is 0 Å². The quantitative estimate of drug-likeness (QED) is 0.796. The van der Waals surface area contributed by atoms with Gasteiger partial charge in [0.15, 0.2) is 5.69 Å². The Morgan fingerprint density at radius 1 is 1.32 bits per heavy atom. The predicted octanol–water partition coefficient (Wildman–Crippen LogP) is 2.53. The van der Waals surface area contributed by atoms with Crippen molar-refractivity contribution in [2.45, 2.75) is 26.4 Å². The van der Waals surface area contributed by atoms with Crippen molar-refractivity contribution in [1.82, 2.24) is 19.7 Å². The monoisotopic (exact) mass is 336 g/mol. The normalized spacial score (nSPS) is 14.6. The third-order valence-corrected chi connectivity index (χ3v) is 4.99. The number of hydrogen-bond donors (Lipinski definition) is 1. The summed E-state index contributed by atoms with van der Waals surface area (Å²) in [5.74, 6) is -0.945. The highest BCUT2D eigenvalue weighted by Gasteiger charge is 2.27. The topological polar surface area (TPSA) is 71.2 Å². The molecule has 0 radical (unpaired) electrons. The largest absolute Gasteiger partial charge is 0.476 e. The third kappa shape index (κ3) is 2.68. The Morgan fingerprint density at radius 2 is 2.16 bits per heavy atom. The van der Waals surface area contributed by atoms with Crippen molar-refractivity contribution in [3.63, 3.8) is 0 Å². The van der Waals surface area contributed by atoms with E-state index in [2.05, 4.69) is 40.1 Å². The van der Waals surface area contributed by atoms with Gasteiger partial charge in [-0.3, -0.25) is 14.6 Å². The van der Waals surface area contributed by atoms with Gasteiger partial charge in [-0.25, -0.2) is 4.79 Å². The zero-order valence-electron chi connectivity index (χ0n) is 14.4. The van der Waals surface area contributed by atoms with Crippen LogP contribution in [-0.4, -0.2) is 37.3 Å². The second-order valence-corrected chi connectivity index (χ2v) is 6.60. The van der Waals surface area contributed by atoms with E-state index in [1.165, 1.54) is 16.5 Å². The summed E-state index contributed by atoms with van der Waals surface area (Å²) in [5, 5.41) is 14.7. The molecule has 4 rings (SSSR count).